The zero-order valence-electron chi connectivity index (χ0n) is 16.2. The van der Waals surface area contributed by atoms with Crippen molar-refractivity contribution in [3.05, 3.63) is 65.2 Å². The molecule has 2 aromatic rings. The summed E-state index contributed by atoms with van der Waals surface area (Å²) in [7, 11) is 0. The Balaban J connectivity index is 1.47. The largest absolute Gasteiger partial charge is 0.486 e. The summed E-state index contributed by atoms with van der Waals surface area (Å²) in [5.41, 5.74) is 2.40. The van der Waals surface area contributed by atoms with Gasteiger partial charge in [0.25, 0.3) is 0 Å². The van der Waals surface area contributed by atoms with Crippen LogP contribution in [0.15, 0.2) is 42.5 Å². The van der Waals surface area contributed by atoms with Crippen LogP contribution in [0.25, 0.3) is 0 Å². The topological polar surface area (TPSA) is 9.23 Å². The monoisotopic (exact) mass is 372 g/mol. The second-order valence-corrected chi connectivity index (χ2v) is 7.82. The summed E-state index contributed by atoms with van der Waals surface area (Å²) in [5, 5.41) is 0. The van der Waals surface area contributed by atoms with Crippen molar-refractivity contribution in [3.8, 4) is 5.75 Å². The van der Waals surface area contributed by atoms with Crippen LogP contribution < -0.4 is 4.74 Å². The van der Waals surface area contributed by atoms with Gasteiger partial charge in [0.15, 0.2) is 11.6 Å². The van der Waals surface area contributed by atoms with Gasteiger partial charge in [0.2, 0.25) is 0 Å². The van der Waals surface area contributed by atoms with Crippen molar-refractivity contribution < 1.29 is 13.5 Å². The Bertz CT molecular complexity index is 703. The zero-order valence-corrected chi connectivity index (χ0v) is 16.2. The number of ether oxygens (including phenoxy) is 1. The van der Waals surface area contributed by atoms with E-state index in [9.17, 15) is 8.78 Å². The molecule has 2 aromatic carbocycles. The molecule has 27 heavy (non-hydrogen) atoms. The van der Waals surface area contributed by atoms with Crippen LogP contribution in [-0.2, 0) is 6.61 Å². The van der Waals surface area contributed by atoms with Gasteiger partial charge in [-0.2, -0.15) is 0 Å². The molecule has 3 rings (SSSR count). The van der Waals surface area contributed by atoms with Gasteiger partial charge in [-0.25, -0.2) is 8.78 Å². The maximum absolute atomic E-state index is 13.6. The van der Waals surface area contributed by atoms with Crippen LogP contribution in [0, 0.1) is 17.6 Å². The van der Waals surface area contributed by atoms with Gasteiger partial charge < -0.3 is 4.74 Å². The second-order valence-electron chi connectivity index (χ2n) is 7.82. The molecule has 1 nitrogen and oxygen atoms in total. The highest BCUT2D eigenvalue weighted by atomic mass is 19.1. The van der Waals surface area contributed by atoms with Gasteiger partial charge in [-0.05, 0) is 60.8 Å². The number of halogens is 2. The Morgan fingerprint density at radius 1 is 0.926 bits per heavy atom. The summed E-state index contributed by atoms with van der Waals surface area (Å²) in [6, 6.07) is 11.9. The lowest BCUT2D eigenvalue weighted by molar-refractivity contribution is 0.289. The predicted molar refractivity (Wildman–Crippen MR) is 106 cm³/mol. The molecule has 1 saturated carbocycles. The first-order chi connectivity index (χ1) is 13.2. The minimum absolute atomic E-state index is 0.0851. The highest BCUT2D eigenvalue weighted by Crippen LogP contribution is 2.37. The molecule has 0 aromatic heterocycles. The Morgan fingerprint density at radius 2 is 1.67 bits per heavy atom. The minimum Gasteiger partial charge on any atom is -0.486 e. The lowest BCUT2D eigenvalue weighted by atomic mass is 9.77. The van der Waals surface area contributed by atoms with Crippen molar-refractivity contribution in [2.75, 3.05) is 0 Å². The van der Waals surface area contributed by atoms with Gasteiger partial charge in [-0.1, -0.05) is 56.9 Å². The van der Waals surface area contributed by atoms with Crippen molar-refractivity contribution in [1.82, 2.24) is 0 Å². The first kappa shape index (κ1) is 19.9. The highest BCUT2D eigenvalue weighted by Gasteiger charge is 2.22. The molecule has 1 aliphatic rings. The van der Waals surface area contributed by atoms with Crippen molar-refractivity contribution in [3.63, 3.8) is 0 Å². The molecule has 0 saturated heterocycles. The third-order valence-electron chi connectivity index (χ3n) is 5.80. The highest BCUT2D eigenvalue weighted by molar-refractivity contribution is 5.28. The molecule has 1 aliphatic carbocycles. The molecule has 0 bridgehead atoms. The molecular formula is C24H30F2O. The Kier molecular flexibility index (Phi) is 7.25. The average Bonchev–Trinajstić information content (AvgIpc) is 2.69. The van der Waals surface area contributed by atoms with E-state index in [0.717, 1.165) is 17.5 Å². The van der Waals surface area contributed by atoms with Gasteiger partial charge in [-0.15, -0.1) is 0 Å². The molecule has 0 unspecified atom stereocenters. The smallest absolute Gasteiger partial charge is 0.167 e. The Morgan fingerprint density at radius 3 is 2.33 bits per heavy atom. The van der Waals surface area contributed by atoms with Crippen LogP contribution in [0.3, 0.4) is 0 Å². The standard InChI is InChI=1S/C24H30F2O/c1-2-3-4-5-18-6-10-20(11-7-18)21-12-8-19(9-13-21)17-27-24-15-14-22(25)16-23(24)26/h8-9,12-16,18,20H,2-7,10-11,17H2,1H3/t18-,20-. The molecule has 0 heterocycles. The van der Waals surface area contributed by atoms with E-state index < -0.39 is 11.6 Å². The Labute approximate surface area is 161 Å². The molecule has 0 N–H and O–H groups in total. The summed E-state index contributed by atoms with van der Waals surface area (Å²) in [4.78, 5) is 0. The van der Waals surface area contributed by atoms with Crippen LogP contribution in [0.5, 0.6) is 5.75 Å². The molecule has 1 fully saturated rings. The summed E-state index contributed by atoms with van der Waals surface area (Å²) in [6.45, 7) is 2.55. The maximum Gasteiger partial charge on any atom is 0.167 e. The lowest BCUT2D eigenvalue weighted by Gasteiger charge is -2.29. The van der Waals surface area contributed by atoms with Crippen molar-refractivity contribution in [2.24, 2.45) is 5.92 Å². The Hall–Kier alpha value is -1.90. The van der Waals surface area contributed by atoms with E-state index in [1.165, 1.54) is 69.1 Å². The van der Waals surface area contributed by atoms with E-state index in [2.05, 4.69) is 31.2 Å². The summed E-state index contributed by atoms with van der Waals surface area (Å²) in [5.74, 6) is 0.413. The molecule has 0 radical (unpaired) electrons. The van der Waals surface area contributed by atoms with Crippen molar-refractivity contribution in [1.29, 1.82) is 0 Å². The van der Waals surface area contributed by atoms with Gasteiger partial charge in [0.1, 0.15) is 12.4 Å². The first-order valence-electron chi connectivity index (χ1n) is 10.3. The van der Waals surface area contributed by atoms with E-state index in [0.29, 0.717) is 5.92 Å². The van der Waals surface area contributed by atoms with Crippen LogP contribution >= 0.6 is 0 Å². The quantitative estimate of drug-likeness (QED) is 0.439. The fraction of sp³-hybridized carbons (Fsp3) is 0.500. The van der Waals surface area contributed by atoms with E-state index in [1.807, 2.05) is 0 Å². The van der Waals surface area contributed by atoms with E-state index in [-0.39, 0.29) is 12.4 Å². The zero-order chi connectivity index (χ0) is 19.1. The molecule has 0 atom stereocenters. The molecule has 0 spiro atoms. The number of hydrogen-bond acceptors (Lipinski definition) is 1. The minimum atomic E-state index is -0.665. The maximum atomic E-state index is 13.6. The van der Waals surface area contributed by atoms with Gasteiger partial charge in [-0.3, -0.25) is 0 Å². The van der Waals surface area contributed by atoms with Gasteiger partial charge in [0.05, 0.1) is 0 Å². The molecular weight excluding hydrogens is 342 g/mol. The summed E-state index contributed by atoms with van der Waals surface area (Å²) < 4.78 is 32.0. The number of rotatable bonds is 8. The second kappa shape index (κ2) is 9.87. The van der Waals surface area contributed by atoms with E-state index in [1.54, 1.807) is 0 Å². The van der Waals surface area contributed by atoms with Gasteiger partial charge in [0, 0.05) is 6.07 Å². The van der Waals surface area contributed by atoms with Gasteiger partial charge >= 0.3 is 0 Å². The number of hydrogen-bond donors (Lipinski definition) is 0. The normalized spacial score (nSPS) is 19.8. The number of unbranched alkanes of at least 4 members (excludes halogenated alkanes) is 2. The fourth-order valence-electron chi connectivity index (χ4n) is 4.11. The third-order valence-corrected chi connectivity index (χ3v) is 5.80. The fourth-order valence-corrected chi connectivity index (χ4v) is 4.11. The van der Waals surface area contributed by atoms with E-state index in [4.69, 9.17) is 4.74 Å². The van der Waals surface area contributed by atoms with Crippen LogP contribution in [-0.4, -0.2) is 0 Å². The molecule has 146 valence electrons. The van der Waals surface area contributed by atoms with E-state index >= 15 is 0 Å². The summed E-state index contributed by atoms with van der Waals surface area (Å²) in [6.07, 6.45) is 10.7. The van der Waals surface area contributed by atoms with Crippen molar-refractivity contribution in [2.45, 2.75) is 70.8 Å². The van der Waals surface area contributed by atoms with Crippen LogP contribution in [0.2, 0.25) is 0 Å². The lowest BCUT2D eigenvalue weighted by Crippen LogP contribution is -2.13. The molecule has 0 aliphatic heterocycles. The molecule has 0 amide bonds. The number of benzene rings is 2. The van der Waals surface area contributed by atoms with Crippen LogP contribution in [0.1, 0.15) is 75.3 Å². The van der Waals surface area contributed by atoms with Crippen molar-refractivity contribution >= 4 is 0 Å². The molecule has 3 heteroatoms. The summed E-state index contributed by atoms with van der Waals surface area (Å²) >= 11 is 0. The average molecular weight is 372 g/mol. The first-order valence-corrected chi connectivity index (χ1v) is 10.3. The predicted octanol–water partition coefficient (Wildman–Crippen LogP) is 7.40. The SMILES string of the molecule is CCCCC[C@H]1CC[C@H](c2ccc(COc3ccc(F)cc3F)cc2)CC1. The third kappa shape index (κ3) is 5.79. The van der Waals surface area contributed by atoms with Crippen LogP contribution in [0.4, 0.5) is 8.78 Å².